The Morgan fingerprint density at radius 2 is 1.82 bits per heavy atom. The molecule has 1 aromatic heterocycles. The van der Waals surface area contributed by atoms with Crippen molar-refractivity contribution in [3.05, 3.63) is 75.5 Å². The van der Waals surface area contributed by atoms with Gasteiger partial charge in [-0.1, -0.05) is 53.5 Å². The zero-order valence-corrected chi connectivity index (χ0v) is 22.8. The van der Waals surface area contributed by atoms with Crippen LogP contribution in [0.5, 0.6) is 0 Å². The second kappa shape index (κ2) is 12.4. The number of nitrogens with two attached hydrogens (primary N) is 1. The number of rotatable bonds is 8. The molecule has 0 spiro atoms. The van der Waals surface area contributed by atoms with Crippen LogP contribution in [0.3, 0.4) is 0 Å². The first kappa shape index (κ1) is 26.9. The van der Waals surface area contributed by atoms with Crippen LogP contribution in [0, 0.1) is 0 Å². The van der Waals surface area contributed by atoms with Gasteiger partial charge in [-0.2, -0.15) is 0 Å². The molecule has 5 rings (SSSR count). The molecule has 1 aliphatic heterocycles. The van der Waals surface area contributed by atoms with Crippen LogP contribution < -0.4 is 11.1 Å². The predicted molar refractivity (Wildman–Crippen MR) is 151 cm³/mol. The molecular formula is C29H33Cl2N5O2. The van der Waals surface area contributed by atoms with Gasteiger partial charge in [0, 0.05) is 41.8 Å². The topological polar surface area (TPSA) is 93.4 Å². The van der Waals surface area contributed by atoms with Gasteiger partial charge < -0.3 is 15.8 Å². The number of anilines is 1. The minimum Gasteiger partial charge on any atom is -0.461 e. The third-order valence-electron chi connectivity index (χ3n) is 7.34. The molecule has 1 saturated heterocycles. The summed E-state index contributed by atoms with van der Waals surface area (Å²) < 4.78 is 5.72. The van der Waals surface area contributed by atoms with Crippen LogP contribution in [-0.4, -0.2) is 52.6 Å². The van der Waals surface area contributed by atoms with Crippen molar-refractivity contribution in [2.75, 3.05) is 25.4 Å². The number of aromatic nitrogens is 2. The molecule has 1 saturated carbocycles. The van der Waals surface area contributed by atoms with E-state index in [-0.39, 0.29) is 18.1 Å². The molecule has 2 heterocycles. The normalized spacial score (nSPS) is 18.5. The lowest BCUT2D eigenvalue weighted by Crippen LogP contribution is -2.54. The second-order valence-electron chi connectivity index (χ2n) is 10.1. The molecule has 0 bridgehead atoms. The molecule has 7 nitrogen and oxygen atoms in total. The standard InChI is InChI=1S/C29H33Cl2N5O2/c30-23-6-3-7-24(31)22(23)12-13-25-28(32)34-16-26(35-25)20-10-8-19(9-11-20)17-36-15-14-33-27(18-36)29(37)38-21-4-1-2-5-21/h3,6-11,16,21,27,33H,1-2,4-5,12-15,17-18H2,(H2,32,34). The quantitative estimate of drug-likeness (QED) is 0.376. The molecule has 0 radical (unpaired) electrons. The van der Waals surface area contributed by atoms with Crippen molar-refractivity contribution in [2.45, 2.75) is 57.2 Å². The Hall–Kier alpha value is -2.71. The number of esters is 1. The van der Waals surface area contributed by atoms with E-state index in [4.69, 9.17) is 38.7 Å². The first-order chi connectivity index (χ1) is 18.5. The maximum absolute atomic E-state index is 12.6. The van der Waals surface area contributed by atoms with Gasteiger partial charge >= 0.3 is 5.97 Å². The zero-order chi connectivity index (χ0) is 26.5. The predicted octanol–water partition coefficient (Wildman–Crippen LogP) is 5.08. The van der Waals surface area contributed by atoms with Crippen molar-refractivity contribution in [1.82, 2.24) is 20.2 Å². The molecule has 2 fully saturated rings. The first-order valence-electron chi connectivity index (χ1n) is 13.3. The maximum atomic E-state index is 12.6. The van der Waals surface area contributed by atoms with E-state index in [1.807, 2.05) is 18.2 Å². The highest BCUT2D eigenvalue weighted by atomic mass is 35.5. The minimum atomic E-state index is -0.271. The molecule has 2 aromatic carbocycles. The van der Waals surface area contributed by atoms with E-state index >= 15 is 0 Å². The summed E-state index contributed by atoms with van der Waals surface area (Å²) in [6.45, 7) is 3.07. The molecule has 1 atom stereocenters. The smallest absolute Gasteiger partial charge is 0.324 e. The van der Waals surface area contributed by atoms with Crippen molar-refractivity contribution in [3.8, 4) is 11.3 Å². The van der Waals surface area contributed by atoms with Gasteiger partial charge in [0.15, 0.2) is 0 Å². The van der Waals surface area contributed by atoms with Gasteiger partial charge in [-0.25, -0.2) is 9.97 Å². The molecule has 200 valence electrons. The largest absolute Gasteiger partial charge is 0.461 e. The van der Waals surface area contributed by atoms with Gasteiger partial charge in [-0.15, -0.1) is 0 Å². The summed E-state index contributed by atoms with van der Waals surface area (Å²) in [6, 6.07) is 13.5. The number of carbonyl (C=O) groups excluding carboxylic acids is 1. The number of nitrogen functional groups attached to an aromatic ring is 1. The van der Waals surface area contributed by atoms with Crippen LogP contribution >= 0.6 is 23.2 Å². The van der Waals surface area contributed by atoms with Gasteiger partial charge in [0.1, 0.15) is 18.0 Å². The number of aryl methyl sites for hydroxylation is 1. The van der Waals surface area contributed by atoms with Crippen molar-refractivity contribution in [1.29, 1.82) is 0 Å². The molecule has 3 aromatic rings. The highest BCUT2D eigenvalue weighted by Crippen LogP contribution is 2.27. The average Bonchev–Trinajstić information content (AvgIpc) is 3.43. The van der Waals surface area contributed by atoms with Crippen LogP contribution in [0.4, 0.5) is 5.82 Å². The lowest BCUT2D eigenvalue weighted by Gasteiger charge is -2.33. The van der Waals surface area contributed by atoms with Gasteiger partial charge in [0.05, 0.1) is 17.6 Å². The number of hydrogen-bond donors (Lipinski definition) is 2. The third kappa shape index (κ3) is 6.64. The summed E-state index contributed by atoms with van der Waals surface area (Å²) in [5, 5.41) is 4.59. The number of piperazine rings is 1. The van der Waals surface area contributed by atoms with Crippen molar-refractivity contribution in [2.24, 2.45) is 0 Å². The number of nitrogens with zero attached hydrogens (tertiary/aromatic N) is 3. The van der Waals surface area contributed by atoms with E-state index in [1.165, 1.54) is 5.56 Å². The van der Waals surface area contributed by atoms with E-state index in [0.29, 0.717) is 35.2 Å². The summed E-state index contributed by atoms with van der Waals surface area (Å²) in [5.74, 6) is 0.291. The van der Waals surface area contributed by atoms with Crippen LogP contribution in [0.15, 0.2) is 48.7 Å². The third-order valence-corrected chi connectivity index (χ3v) is 8.04. The minimum absolute atomic E-state index is 0.0955. The van der Waals surface area contributed by atoms with Crippen LogP contribution in [-0.2, 0) is 28.9 Å². The van der Waals surface area contributed by atoms with E-state index in [1.54, 1.807) is 6.20 Å². The van der Waals surface area contributed by atoms with Crippen molar-refractivity contribution >= 4 is 35.0 Å². The number of nitrogens with one attached hydrogen (secondary N) is 1. The van der Waals surface area contributed by atoms with Crippen LogP contribution in [0.25, 0.3) is 11.3 Å². The monoisotopic (exact) mass is 553 g/mol. The van der Waals surface area contributed by atoms with Gasteiger partial charge in [-0.3, -0.25) is 9.69 Å². The maximum Gasteiger partial charge on any atom is 0.324 e. The Kier molecular flexibility index (Phi) is 8.79. The molecule has 38 heavy (non-hydrogen) atoms. The Morgan fingerprint density at radius 1 is 1.08 bits per heavy atom. The fraction of sp³-hybridized carbons (Fsp3) is 0.414. The number of halogens is 2. The van der Waals surface area contributed by atoms with Gasteiger partial charge in [0.25, 0.3) is 0 Å². The summed E-state index contributed by atoms with van der Waals surface area (Å²) in [7, 11) is 0. The lowest BCUT2D eigenvalue weighted by atomic mass is 10.1. The molecule has 3 N–H and O–H groups in total. The average molecular weight is 555 g/mol. The first-order valence-corrected chi connectivity index (χ1v) is 14.0. The summed E-state index contributed by atoms with van der Waals surface area (Å²) in [5.41, 5.74) is 10.6. The Labute approximate surface area is 233 Å². The molecule has 1 unspecified atom stereocenters. The van der Waals surface area contributed by atoms with Gasteiger partial charge in [-0.05, 0) is 61.8 Å². The fourth-order valence-corrected chi connectivity index (χ4v) is 5.76. The fourth-order valence-electron chi connectivity index (χ4n) is 5.18. The van der Waals surface area contributed by atoms with Crippen molar-refractivity contribution < 1.29 is 9.53 Å². The molecule has 0 amide bonds. The Morgan fingerprint density at radius 3 is 2.55 bits per heavy atom. The molecule has 2 aliphatic rings. The number of benzene rings is 2. The number of hydrogen-bond acceptors (Lipinski definition) is 7. The highest BCUT2D eigenvalue weighted by Gasteiger charge is 2.29. The van der Waals surface area contributed by atoms with Crippen molar-refractivity contribution in [3.63, 3.8) is 0 Å². The molecular weight excluding hydrogens is 521 g/mol. The molecule has 1 aliphatic carbocycles. The highest BCUT2D eigenvalue weighted by molar-refractivity contribution is 6.36. The Balaban J connectivity index is 1.20. The van der Waals surface area contributed by atoms with E-state index < -0.39 is 0 Å². The second-order valence-corrected chi connectivity index (χ2v) is 10.9. The van der Waals surface area contributed by atoms with Crippen LogP contribution in [0.2, 0.25) is 10.0 Å². The Bertz CT molecular complexity index is 1240. The van der Waals surface area contributed by atoms with E-state index in [9.17, 15) is 4.79 Å². The van der Waals surface area contributed by atoms with Gasteiger partial charge in [0.2, 0.25) is 0 Å². The van der Waals surface area contributed by atoms with Crippen LogP contribution in [0.1, 0.15) is 42.5 Å². The lowest BCUT2D eigenvalue weighted by molar-refractivity contribution is -0.152. The zero-order valence-electron chi connectivity index (χ0n) is 21.3. The SMILES string of the molecule is Nc1ncc(-c2ccc(CN3CCNC(C(=O)OC4CCCC4)C3)cc2)nc1CCc1c(Cl)cccc1Cl. The summed E-state index contributed by atoms with van der Waals surface area (Å²) in [4.78, 5) is 24.1. The number of ether oxygens (including phenoxy) is 1. The van der Waals surface area contributed by atoms with E-state index in [0.717, 1.165) is 67.8 Å². The summed E-state index contributed by atoms with van der Waals surface area (Å²) >= 11 is 12.6. The van der Waals surface area contributed by atoms with E-state index in [2.05, 4.69) is 39.5 Å². The molecule has 9 heteroatoms. The summed E-state index contributed by atoms with van der Waals surface area (Å²) in [6.07, 6.45) is 7.29. The number of carbonyl (C=O) groups is 1.